The molecule has 0 N–H and O–H groups in total. The highest BCUT2D eigenvalue weighted by atomic mass is 16.6. The molecular formula is C64H120N2O11. The highest BCUT2D eigenvalue weighted by Crippen LogP contribution is 2.20. The molecule has 452 valence electrons. The van der Waals surface area contributed by atoms with Crippen LogP contribution in [0.4, 0.5) is 0 Å². The molecule has 1 amide bonds. The maximum atomic E-state index is 14.2. The third-order valence-corrected chi connectivity index (χ3v) is 14.6. The molecule has 0 aliphatic heterocycles. The molecule has 0 rings (SSSR count). The minimum atomic E-state index is -0.707. The molecule has 0 bridgehead atoms. The van der Waals surface area contributed by atoms with E-state index in [0.717, 1.165) is 180 Å². The van der Waals surface area contributed by atoms with E-state index in [1.807, 2.05) is 14.1 Å². The van der Waals surface area contributed by atoms with E-state index in [2.05, 4.69) is 46.4 Å². The van der Waals surface area contributed by atoms with E-state index in [1.54, 1.807) is 4.90 Å². The van der Waals surface area contributed by atoms with Crippen LogP contribution < -0.4 is 0 Å². The van der Waals surface area contributed by atoms with Crippen LogP contribution in [-0.2, 0) is 52.5 Å². The Kier molecular flexibility index (Phi) is 51.2. The van der Waals surface area contributed by atoms with Crippen molar-refractivity contribution in [3.8, 4) is 0 Å². The number of hydrogen-bond acceptors (Lipinski definition) is 12. The molecular weight excluding hydrogens is 973 g/mol. The summed E-state index contributed by atoms with van der Waals surface area (Å²) in [6, 6.07) is -0.707. The number of rotatable bonds is 56. The normalized spacial score (nSPS) is 12.9. The van der Waals surface area contributed by atoms with Gasteiger partial charge in [0, 0.05) is 38.6 Å². The van der Waals surface area contributed by atoms with Gasteiger partial charge in [0.1, 0.15) is 31.5 Å². The Morgan fingerprint density at radius 1 is 0.312 bits per heavy atom. The van der Waals surface area contributed by atoms with Crippen LogP contribution in [0.5, 0.6) is 0 Å². The van der Waals surface area contributed by atoms with Crippen molar-refractivity contribution in [2.75, 3.05) is 40.4 Å². The van der Waals surface area contributed by atoms with Crippen molar-refractivity contribution in [2.45, 2.75) is 336 Å². The van der Waals surface area contributed by atoms with Crippen LogP contribution in [0.25, 0.3) is 0 Å². The Bertz CT molecular complexity index is 1370. The predicted molar refractivity (Wildman–Crippen MR) is 314 cm³/mol. The lowest BCUT2D eigenvalue weighted by Gasteiger charge is -2.31. The van der Waals surface area contributed by atoms with Crippen LogP contribution >= 0.6 is 0 Å². The molecule has 0 aliphatic rings. The van der Waals surface area contributed by atoms with Crippen LogP contribution in [0, 0.1) is 0 Å². The first kappa shape index (κ1) is 73.8. The molecule has 3 atom stereocenters. The van der Waals surface area contributed by atoms with Gasteiger partial charge >= 0.3 is 29.8 Å². The zero-order chi connectivity index (χ0) is 57.0. The molecule has 0 saturated heterocycles. The fourth-order valence-corrected chi connectivity index (χ4v) is 9.88. The number of ether oxygens (including phenoxy) is 5. The molecule has 13 heteroatoms. The summed E-state index contributed by atoms with van der Waals surface area (Å²) >= 11 is 0. The molecule has 77 heavy (non-hydrogen) atoms. The highest BCUT2D eigenvalue weighted by Gasteiger charge is 2.28. The Hall–Kier alpha value is -3.22. The zero-order valence-electron chi connectivity index (χ0n) is 51.2. The zero-order valence-corrected chi connectivity index (χ0v) is 51.2. The van der Waals surface area contributed by atoms with Crippen molar-refractivity contribution in [3.05, 3.63) is 0 Å². The van der Waals surface area contributed by atoms with Crippen molar-refractivity contribution in [1.82, 2.24) is 9.80 Å². The van der Waals surface area contributed by atoms with Gasteiger partial charge in [-0.3, -0.25) is 28.8 Å². The smallest absolute Gasteiger partial charge is 0.306 e. The second-order valence-electron chi connectivity index (χ2n) is 22.5. The first-order valence-electron chi connectivity index (χ1n) is 32.2. The third-order valence-electron chi connectivity index (χ3n) is 14.6. The number of esters is 5. The van der Waals surface area contributed by atoms with Crippen molar-refractivity contribution in [3.63, 3.8) is 0 Å². The first-order chi connectivity index (χ1) is 37.3. The van der Waals surface area contributed by atoms with E-state index < -0.39 is 6.04 Å². The summed E-state index contributed by atoms with van der Waals surface area (Å²) < 4.78 is 29.3. The van der Waals surface area contributed by atoms with Gasteiger partial charge in [-0.25, -0.2) is 0 Å². The van der Waals surface area contributed by atoms with Gasteiger partial charge in [0.05, 0.1) is 12.5 Å². The van der Waals surface area contributed by atoms with Crippen LogP contribution in [0.1, 0.15) is 311 Å². The SMILES string of the molecule is CCCCCCC(CCC)OC(=O)CCCCCCCCC(=O)OCC(COC(=O)CCCCCCCCC(=O)OC(CCC)CCCCCC)N(CCCCCN(C)C)C(=O)CCC(=O)OC(CCC)CCCCCC. The van der Waals surface area contributed by atoms with Crippen LogP contribution in [-0.4, -0.2) is 110 Å². The van der Waals surface area contributed by atoms with Gasteiger partial charge in [0.2, 0.25) is 5.91 Å². The fraction of sp³-hybridized carbons (Fsp3) is 0.906. The first-order valence-corrected chi connectivity index (χ1v) is 32.2. The third kappa shape index (κ3) is 46.3. The van der Waals surface area contributed by atoms with Crippen LogP contribution in [0.15, 0.2) is 0 Å². The second kappa shape index (κ2) is 53.4. The maximum Gasteiger partial charge on any atom is 0.306 e. The molecule has 3 unspecified atom stereocenters. The number of amides is 1. The molecule has 0 spiro atoms. The standard InChI is InChI=1S/C64H120N2O11/c1-9-15-18-30-42-56(39-12-4)75-62(70)47-35-27-23-21-25-33-45-60(68)73-53-55(54-74-61(69)46-34-26-22-24-28-36-48-63(71)76-57(40-13-5)43-31-19-16-10-2)66(52-38-29-37-51-65(7)8)59(67)49-50-64(72)77-58(41-14-6)44-32-20-17-11-3/h55-58H,9-54H2,1-8H3. The minimum Gasteiger partial charge on any atom is -0.463 e. The van der Waals surface area contributed by atoms with Gasteiger partial charge in [-0.1, -0.05) is 176 Å². The summed E-state index contributed by atoms with van der Waals surface area (Å²) in [6.07, 6.45) is 36.1. The maximum absolute atomic E-state index is 14.2. The van der Waals surface area contributed by atoms with E-state index in [0.29, 0.717) is 38.6 Å². The number of hydrogen-bond donors (Lipinski definition) is 0. The average Bonchev–Trinajstić information content (AvgIpc) is 3.39. The Morgan fingerprint density at radius 3 is 0.974 bits per heavy atom. The molecule has 0 heterocycles. The largest absolute Gasteiger partial charge is 0.463 e. The topological polar surface area (TPSA) is 155 Å². The molecule has 0 aliphatic carbocycles. The Balaban J connectivity index is 5.49. The van der Waals surface area contributed by atoms with Crippen LogP contribution in [0.3, 0.4) is 0 Å². The predicted octanol–water partition coefficient (Wildman–Crippen LogP) is 16.1. The van der Waals surface area contributed by atoms with Gasteiger partial charge in [-0.2, -0.15) is 0 Å². The Labute approximate surface area is 472 Å². The molecule has 0 aromatic carbocycles. The lowest BCUT2D eigenvalue weighted by Crippen LogP contribution is -2.47. The average molecular weight is 1090 g/mol. The van der Waals surface area contributed by atoms with Gasteiger partial charge in [0.25, 0.3) is 0 Å². The fourth-order valence-electron chi connectivity index (χ4n) is 9.88. The van der Waals surface area contributed by atoms with E-state index in [-0.39, 0.29) is 93.0 Å². The van der Waals surface area contributed by atoms with Gasteiger partial charge in [0.15, 0.2) is 0 Å². The summed E-state index contributed by atoms with van der Waals surface area (Å²) in [7, 11) is 4.06. The van der Waals surface area contributed by atoms with E-state index in [1.165, 1.54) is 38.5 Å². The second-order valence-corrected chi connectivity index (χ2v) is 22.5. The molecule has 0 radical (unpaired) electrons. The summed E-state index contributed by atoms with van der Waals surface area (Å²) in [5.41, 5.74) is 0. The van der Waals surface area contributed by atoms with Gasteiger partial charge in [-0.05, 0) is 117 Å². The summed E-state index contributed by atoms with van der Waals surface area (Å²) in [6.45, 7) is 14.0. The van der Waals surface area contributed by atoms with E-state index >= 15 is 0 Å². The minimum absolute atomic E-state index is 0.0294. The Morgan fingerprint density at radius 2 is 0.623 bits per heavy atom. The molecule has 0 fully saturated rings. The van der Waals surface area contributed by atoms with Crippen molar-refractivity contribution in [2.24, 2.45) is 0 Å². The lowest BCUT2D eigenvalue weighted by atomic mass is 10.1. The number of carbonyl (C=O) groups is 6. The molecule has 0 aromatic rings. The summed E-state index contributed by atoms with van der Waals surface area (Å²) in [5.74, 6) is -1.55. The number of carbonyl (C=O) groups excluding carboxylic acids is 6. The van der Waals surface area contributed by atoms with E-state index in [9.17, 15) is 28.8 Å². The summed E-state index contributed by atoms with van der Waals surface area (Å²) in [5, 5.41) is 0. The lowest BCUT2D eigenvalue weighted by molar-refractivity contribution is -0.155. The molecule has 13 nitrogen and oxygen atoms in total. The van der Waals surface area contributed by atoms with Gasteiger partial charge < -0.3 is 33.5 Å². The van der Waals surface area contributed by atoms with Crippen molar-refractivity contribution in [1.29, 1.82) is 0 Å². The number of unbranched alkanes of at least 4 members (excludes halogenated alkanes) is 21. The quantitative estimate of drug-likeness (QED) is 0.0323. The van der Waals surface area contributed by atoms with Gasteiger partial charge in [-0.15, -0.1) is 0 Å². The van der Waals surface area contributed by atoms with Crippen molar-refractivity contribution >= 4 is 35.8 Å². The molecule has 0 saturated carbocycles. The van der Waals surface area contributed by atoms with E-state index in [4.69, 9.17) is 23.7 Å². The summed E-state index contributed by atoms with van der Waals surface area (Å²) in [4.78, 5) is 82.7. The monoisotopic (exact) mass is 1090 g/mol. The van der Waals surface area contributed by atoms with Crippen molar-refractivity contribution < 1.29 is 52.5 Å². The highest BCUT2D eigenvalue weighted by molar-refractivity contribution is 5.82. The number of nitrogens with zero attached hydrogens (tertiary/aromatic N) is 2. The van der Waals surface area contributed by atoms with Crippen LogP contribution in [0.2, 0.25) is 0 Å². The molecule has 0 aromatic heterocycles.